The summed E-state index contributed by atoms with van der Waals surface area (Å²) in [5.74, 6) is -1.29. The molecule has 0 spiro atoms. The Bertz CT molecular complexity index is 1850. The van der Waals surface area contributed by atoms with Crippen LogP contribution in [0.1, 0.15) is 141 Å². The summed E-state index contributed by atoms with van der Waals surface area (Å²) < 4.78 is 11.7. The first kappa shape index (κ1) is 56.5. The van der Waals surface area contributed by atoms with E-state index in [1.165, 1.54) is 11.8 Å². The van der Waals surface area contributed by atoms with Crippen LogP contribution in [0.2, 0.25) is 0 Å². The molecular formula is C48H76N6O9S3. The van der Waals surface area contributed by atoms with Gasteiger partial charge in [0.1, 0.15) is 22.5 Å². The second kappa shape index (κ2) is 29.1. The normalized spacial score (nSPS) is 16.9. The van der Waals surface area contributed by atoms with Gasteiger partial charge in [-0.25, -0.2) is 4.98 Å². The highest BCUT2D eigenvalue weighted by atomic mass is 33.1. The number of nitrogens with one attached hydrogen (secondary N) is 3. The van der Waals surface area contributed by atoms with Crippen LogP contribution in [0.3, 0.4) is 0 Å². The number of phenolic OH excluding ortho intramolecular Hbond substituents is 1. The predicted octanol–water partition coefficient (Wildman–Crippen LogP) is 7.53. The Morgan fingerprint density at radius 1 is 0.970 bits per heavy atom. The number of piperidine rings is 1. The highest BCUT2D eigenvalue weighted by Gasteiger charge is 2.39. The van der Waals surface area contributed by atoms with Crippen molar-refractivity contribution in [3.8, 4) is 5.75 Å². The number of thiazole rings is 1. The van der Waals surface area contributed by atoms with Gasteiger partial charge in [0.05, 0.1) is 6.04 Å². The van der Waals surface area contributed by atoms with Gasteiger partial charge >= 0.3 is 11.9 Å². The molecule has 1 fully saturated rings. The molecule has 7 unspecified atom stereocenters. The Hall–Kier alpha value is -3.87. The molecule has 66 heavy (non-hydrogen) atoms. The SMILES string of the molecule is CCCSSCCNC(=O)C(C)CC(Cc1ccc(O)cc1)NC(=O)c1csc(C(CC(C(C)C)N(COC(=O)CC(C)C)C(=O)C(NC(=O)C2CCCCN2C)C(C)CC)OC(C)=O)n1. The first-order valence-corrected chi connectivity index (χ1v) is 26.9. The lowest BCUT2D eigenvalue weighted by atomic mass is 9.92. The van der Waals surface area contributed by atoms with Crippen molar-refractivity contribution in [2.24, 2.45) is 23.7 Å². The zero-order chi connectivity index (χ0) is 48.9. The van der Waals surface area contributed by atoms with Crippen LogP contribution in [-0.2, 0) is 39.9 Å². The topological polar surface area (TPSA) is 197 Å². The number of rotatable bonds is 28. The third kappa shape index (κ3) is 19.0. The number of carbonyl (C=O) groups is 6. The minimum Gasteiger partial charge on any atom is -0.508 e. The van der Waals surface area contributed by atoms with Crippen LogP contribution in [0, 0.1) is 23.7 Å². The van der Waals surface area contributed by atoms with Crippen molar-refractivity contribution in [1.29, 1.82) is 0 Å². The minimum atomic E-state index is -0.995. The van der Waals surface area contributed by atoms with Gasteiger partial charge in [-0.3, -0.25) is 33.7 Å². The highest BCUT2D eigenvalue weighted by Crippen LogP contribution is 2.32. The Morgan fingerprint density at radius 2 is 1.67 bits per heavy atom. The van der Waals surface area contributed by atoms with E-state index in [1.54, 1.807) is 51.2 Å². The zero-order valence-corrected chi connectivity index (χ0v) is 43.2. The Balaban J connectivity index is 1.92. The van der Waals surface area contributed by atoms with Gasteiger partial charge in [0.2, 0.25) is 17.7 Å². The second-order valence-corrected chi connectivity index (χ2v) is 21.8. The first-order chi connectivity index (χ1) is 31.3. The van der Waals surface area contributed by atoms with E-state index < -0.39 is 53.9 Å². The fourth-order valence-electron chi connectivity index (χ4n) is 7.79. The standard InChI is InChI=1S/C48H76N6O9S3/c1-11-22-65-66-23-20-49-44(58)33(8)25-36(26-35-16-18-37(56)19-17-35)50-45(59)38-28-64-47(51-38)41(63-34(9)55)27-40(31(5)6)54(29-62-42(57)24-30(3)4)48(61)43(32(7)12-2)52-46(60)39-15-13-14-21-53(39)10/h16-19,28,30-33,36,39-41,43,56H,11-15,20-27,29H2,1-10H3,(H,49,58)(H,50,59)(H,52,60). The van der Waals surface area contributed by atoms with E-state index in [2.05, 4.69) is 27.9 Å². The molecule has 1 aliphatic heterocycles. The van der Waals surface area contributed by atoms with Crippen molar-refractivity contribution < 1.29 is 43.3 Å². The van der Waals surface area contributed by atoms with Crippen molar-refractivity contribution >= 4 is 68.5 Å². The van der Waals surface area contributed by atoms with Crippen LogP contribution in [-0.4, -0.2) is 118 Å². The number of hydrogen-bond donors (Lipinski definition) is 4. The third-order valence-electron chi connectivity index (χ3n) is 11.7. The summed E-state index contributed by atoms with van der Waals surface area (Å²) in [6, 6.07) is 4.24. The molecule has 0 aliphatic carbocycles. The molecule has 2 heterocycles. The largest absolute Gasteiger partial charge is 0.508 e. The van der Waals surface area contributed by atoms with Crippen molar-refractivity contribution in [2.75, 3.05) is 38.4 Å². The third-order valence-corrected chi connectivity index (χ3v) is 15.3. The number of likely N-dealkylation sites (N-methyl/N-ethyl adjacent to an activating group) is 1. The lowest BCUT2D eigenvalue weighted by molar-refractivity contribution is -0.161. The molecule has 1 aliphatic rings. The fourth-order valence-corrected chi connectivity index (χ4v) is 10.7. The quantitative estimate of drug-likeness (QED) is 0.0283. The van der Waals surface area contributed by atoms with Crippen molar-refractivity contribution in [3.63, 3.8) is 0 Å². The van der Waals surface area contributed by atoms with Crippen LogP contribution in [0.15, 0.2) is 29.6 Å². The lowest BCUT2D eigenvalue weighted by Gasteiger charge is -2.39. The first-order valence-electron chi connectivity index (χ1n) is 23.5. The molecule has 4 N–H and O–H groups in total. The number of hydrogen-bond acceptors (Lipinski definition) is 14. The number of carbonyl (C=O) groups excluding carboxylic acids is 6. The highest BCUT2D eigenvalue weighted by molar-refractivity contribution is 8.76. The van der Waals surface area contributed by atoms with Gasteiger partial charge in [0, 0.05) is 61.2 Å². The summed E-state index contributed by atoms with van der Waals surface area (Å²) in [7, 11) is 5.42. The van der Waals surface area contributed by atoms with E-state index in [9.17, 15) is 33.9 Å². The van der Waals surface area contributed by atoms with E-state index in [0.717, 1.165) is 54.2 Å². The van der Waals surface area contributed by atoms with Gasteiger partial charge in [0.25, 0.3) is 5.91 Å². The van der Waals surface area contributed by atoms with E-state index >= 15 is 0 Å². The summed E-state index contributed by atoms with van der Waals surface area (Å²) in [5, 5.41) is 21.0. The summed E-state index contributed by atoms with van der Waals surface area (Å²) in [5.41, 5.74) is 0.944. The van der Waals surface area contributed by atoms with Crippen molar-refractivity contribution in [2.45, 2.75) is 150 Å². The van der Waals surface area contributed by atoms with Gasteiger partial charge in [-0.15, -0.1) is 11.3 Å². The van der Waals surface area contributed by atoms with E-state index in [0.29, 0.717) is 37.2 Å². The molecule has 15 nitrogen and oxygen atoms in total. The van der Waals surface area contributed by atoms with E-state index in [1.807, 2.05) is 60.4 Å². The van der Waals surface area contributed by atoms with Crippen LogP contribution in [0.5, 0.6) is 5.75 Å². The van der Waals surface area contributed by atoms with E-state index in [-0.39, 0.29) is 66.6 Å². The Kier molecular flexibility index (Phi) is 24.9. The van der Waals surface area contributed by atoms with Crippen LogP contribution < -0.4 is 16.0 Å². The summed E-state index contributed by atoms with van der Waals surface area (Å²) in [6.45, 7) is 17.7. The van der Waals surface area contributed by atoms with E-state index in [4.69, 9.17) is 9.47 Å². The van der Waals surface area contributed by atoms with Crippen LogP contribution >= 0.6 is 32.9 Å². The smallest absolute Gasteiger partial charge is 0.307 e. The number of phenols is 1. The molecule has 0 bridgehead atoms. The second-order valence-electron chi connectivity index (χ2n) is 18.2. The zero-order valence-electron chi connectivity index (χ0n) is 40.8. The minimum absolute atomic E-state index is 0.0197. The number of aromatic hydroxyl groups is 1. The number of aromatic nitrogens is 1. The van der Waals surface area contributed by atoms with Crippen LogP contribution in [0.25, 0.3) is 0 Å². The average Bonchev–Trinajstić information content (AvgIpc) is 3.77. The lowest BCUT2D eigenvalue weighted by Crippen LogP contribution is -2.59. The molecule has 18 heteroatoms. The number of ether oxygens (including phenoxy) is 2. The molecule has 370 valence electrons. The molecule has 1 aromatic carbocycles. The maximum absolute atomic E-state index is 14.9. The van der Waals surface area contributed by atoms with Gasteiger partial charge in [0.15, 0.2) is 12.8 Å². The van der Waals surface area contributed by atoms with Crippen LogP contribution in [0.4, 0.5) is 0 Å². The summed E-state index contributed by atoms with van der Waals surface area (Å²) in [4.78, 5) is 89.7. The molecule has 2 aromatic rings. The number of nitrogens with zero attached hydrogens (tertiary/aromatic N) is 3. The molecule has 0 radical (unpaired) electrons. The van der Waals surface area contributed by atoms with Crippen molar-refractivity contribution in [3.05, 3.63) is 45.9 Å². The monoisotopic (exact) mass is 976 g/mol. The summed E-state index contributed by atoms with van der Waals surface area (Å²) >= 11 is 1.14. The number of likely N-dealkylation sites (tertiary alicyclic amines) is 1. The maximum atomic E-state index is 14.9. The Morgan fingerprint density at radius 3 is 2.29 bits per heavy atom. The predicted molar refractivity (Wildman–Crippen MR) is 264 cm³/mol. The molecule has 0 saturated carbocycles. The maximum Gasteiger partial charge on any atom is 0.307 e. The molecule has 7 atom stereocenters. The van der Waals surface area contributed by atoms with Gasteiger partial charge < -0.3 is 35.4 Å². The fraction of sp³-hybridized carbons (Fsp3) is 0.688. The Labute approximate surface area is 404 Å². The molecule has 4 amide bonds. The number of esters is 2. The van der Waals surface area contributed by atoms with Gasteiger partial charge in [-0.05, 0) is 81.1 Å². The van der Waals surface area contributed by atoms with Crippen molar-refractivity contribution in [1.82, 2.24) is 30.7 Å². The average molecular weight is 977 g/mol. The molecule has 3 rings (SSSR count). The van der Waals surface area contributed by atoms with Gasteiger partial charge in [-0.1, -0.05) is 102 Å². The molecule has 1 saturated heterocycles. The molecular weight excluding hydrogens is 901 g/mol. The number of amides is 4. The molecule has 1 aromatic heterocycles. The number of benzene rings is 1. The van der Waals surface area contributed by atoms with Gasteiger partial charge in [-0.2, -0.15) is 0 Å². The summed E-state index contributed by atoms with van der Waals surface area (Å²) in [6.07, 6.45) is 4.18.